The van der Waals surface area contributed by atoms with E-state index in [4.69, 9.17) is 4.74 Å². The zero-order valence-corrected chi connectivity index (χ0v) is 14.3. The van der Waals surface area contributed by atoms with Gasteiger partial charge in [-0.25, -0.2) is 8.78 Å². The van der Waals surface area contributed by atoms with Crippen LogP contribution in [0.3, 0.4) is 0 Å². The molecule has 2 heterocycles. The second kappa shape index (κ2) is 7.01. The maximum absolute atomic E-state index is 13.6. The van der Waals surface area contributed by atoms with Crippen molar-refractivity contribution in [1.82, 2.24) is 9.88 Å². The first-order valence-electron chi connectivity index (χ1n) is 8.57. The monoisotopic (exact) mass is 334 g/mol. The van der Waals surface area contributed by atoms with Gasteiger partial charge in [-0.3, -0.25) is 9.88 Å². The molecule has 1 fully saturated rings. The molecular weight excluding hydrogens is 310 g/mol. The molecule has 0 amide bonds. The van der Waals surface area contributed by atoms with E-state index in [1.165, 1.54) is 0 Å². The van der Waals surface area contributed by atoms with Crippen LogP contribution in [-0.2, 0) is 13.0 Å². The van der Waals surface area contributed by atoms with E-state index < -0.39 is 5.92 Å². The first kappa shape index (κ1) is 17.1. The van der Waals surface area contributed by atoms with Crippen LogP contribution in [0.15, 0.2) is 24.4 Å². The number of alkyl halides is 2. The molecule has 24 heavy (non-hydrogen) atoms. The molecule has 3 rings (SSSR count). The standard InChI is InChI=1S/C19H24F2N2O/c1-3-15-17(24-2)6-5-16-14(7-10-22-18(15)16)13-23-11-4-8-19(20,21)9-12-23/h5-7,10H,3-4,8-9,11-13H2,1-2H3. The molecule has 0 aliphatic carbocycles. The van der Waals surface area contributed by atoms with Crippen LogP contribution < -0.4 is 4.74 Å². The van der Waals surface area contributed by atoms with Crippen molar-refractivity contribution in [2.75, 3.05) is 20.2 Å². The molecule has 1 aliphatic rings. The molecule has 3 nitrogen and oxygen atoms in total. The zero-order valence-electron chi connectivity index (χ0n) is 14.3. The number of aromatic nitrogens is 1. The predicted octanol–water partition coefficient (Wildman–Crippen LogP) is 4.43. The summed E-state index contributed by atoms with van der Waals surface area (Å²) in [7, 11) is 1.67. The molecule has 0 radical (unpaired) electrons. The fourth-order valence-corrected chi connectivity index (χ4v) is 3.51. The van der Waals surface area contributed by atoms with E-state index in [0.29, 0.717) is 19.5 Å². The van der Waals surface area contributed by atoms with Crippen LogP contribution >= 0.6 is 0 Å². The molecule has 0 unspecified atom stereocenters. The summed E-state index contributed by atoms with van der Waals surface area (Å²) in [5, 5.41) is 1.09. The van der Waals surface area contributed by atoms with E-state index in [2.05, 4.69) is 16.8 Å². The van der Waals surface area contributed by atoms with Crippen LogP contribution in [0.4, 0.5) is 8.78 Å². The van der Waals surface area contributed by atoms with Crippen molar-refractivity contribution in [2.45, 2.75) is 45.1 Å². The van der Waals surface area contributed by atoms with E-state index in [1.807, 2.05) is 24.4 Å². The summed E-state index contributed by atoms with van der Waals surface area (Å²) in [4.78, 5) is 6.67. The van der Waals surface area contributed by atoms with Crippen molar-refractivity contribution < 1.29 is 13.5 Å². The van der Waals surface area contributed by atoms with Gasteiger partial charge in [0.1, 0.15) is 5.75 Å². The Labute approximate surface area is 141 Å². The van der Waals surface area contributed by atoms with Crippen molar-refractivity contribution in [3.63, 3.8) is 0 Å². The summed E-state index contributed by atoms with van der Waals surface area (Å²) < 4.78 is 32.6. The Morgan fingerprint density at radius 2 is 2.04 bits per heavy atom. The van der Waals surface area contributed by atoms with Crippen molar-refractivity contribution in [1.29, 1.82) is 0 Å². The number of fused-ring (bicyclic) bond motifs is 1. The van der Waals surface area contributed by atoms with Crippen LogP contribution in [0.25, 0.3) is 10.9 Å². The van der Waals surface area contributed by atoms with Gasteiger partial charge in [0.05, 0.1) is 12.6 Å². The number of hydrogen-bond donors (Lipinski definition) is 0. The maximum atomic E-state index is 13.6. The van der Waals surface area contributed by atoms with E-state index in [-0.39, 0.29) is 12.8 Å². The van der Waals surface area contributed by atoms with Crippen LogP contribution in [0, 0.1) is 0 Å². The Morgan fingerprint density at radius 1 is 1.21 bits per heavy atom. The molecule has 130 valence electrons. The molecule has 0 bridgehead atoms. The lowest BCUT2D eigenvalue weighted by molar-refractivity contribution is -0.0132. The van der Waals surface area contributed by atoms with Gasteiger partial charge in [-0.2, -0.15) is 0 Å². The quantitative estimate of drug-likeness (QED) is 0.827. The zero-order chi connectivity index (χ0) is 17.2. The minimum absolute atomic E-state index is 0.00221. The number of hydrogen-bond acceptors (Lipinski definition) is 3. The second-order valence-electron chi connectivity index (χ2n) is 6.45. The van der Waals surface area contributed by atoms with E-state index in [0.717, 1.165) is 40.7 Å². The third-order valence-electron chi connectivity index (χ3n) is 4.84. The van der Waals surface area contributed by atoms with Gasteiger partial charge in [0, 0.05) is 43.1 Å². The third-order valence-corrected chi connectivity index (χ3v) is 4.84. The summed E-state index contributed by atoms with van der Waals surface area (Å²) in [6.07, 6.45) is 3.14. The van der Waals surface area contributed by atoms with Crippen molar-refractivity contribution in [3.05, 3.63) is 35.5 Å². The molecule has 1 saturated heterocycles. The molecule has 0 N–H and O–H groups in total. The summed E-state index contributed by atoms with van der Waals surface area (Å²) >= 11 is 0. The molecule has 0 saturated carbocycles. The van der Waals surface area contributed by atoms with Gasteiger partial charge in [-0.1, -0.05) is 6.92 Å². The van der Waals surface area contributed by atoms with Crippen LogP contribution in [0.5, 0.6) is 5.75 Å². The lowest BCUT2D eigenvalue weighted by Gasteiger charge is -2.21. The molecular formula is C19H24F2N2O. The van der Waals surface area contributed by atoms with Crippen LogP contribution in [-0.4, -0.2) is 36.0 Å². The molecule has 5 heteroatoms. The van der Waals surface area contributed by atoms with Gasteiger partial charge in [0.25, 0.3) is 0 Å². The van der Waals surface area contributed by atoms with Gasteiger partial charge >= 0.3 is 0 Å². The number of halogens is 2. The van der Waals surface area contributed by atoms with Crippen molar-refractivity contribution in [3.8, 4) is 5.75 Å². The molecule has 1 aromatic carbocycles. The van der Waals surface area contributed by atoms with Crippen LogP contribution in [0.1, 0.15) is 37.3 Å². The highest BCUT2D eigenvalue weighted by molar-refractivity contribution is 5.86. The highest BCUT2D eigenvalue weighted by Gasteiger charge is 2.31. The number of likely N-dealkylation sites (tertiary alicyclic amines) is 1. The lowest BCUT2D eigenvalue weighted by Crippen LogP contribution is -2.25. The van der Waals surface area contributed by atoms with E-state index in [1.54, 1.807) is 7.11 Å². The Hall–Kier alpha value is -1.75. The van der Waals surface area contributed by atoms with Gasteiger partial charge in [-0.05, 0) is 43.1 Å². The number of benzene rings is 1. The largest absolute Gasteiger partial charge is 0.496 e. The van der Waals surface area contributed by atoms with E-state index >= 15 is 0 Å². The van der Waals surface area contributed by atoms with Crippen molar-refractivity contribution in [2.24, 2.45) is 0 Å². The Balaban J connectivity index is 1.90. The summed E-state index contributed by atoms with van der Waals surface area (Å²) in [5.41, 5.74) is 3.19. The molecule has 2 aromatic rings. The first-order chi connectivity index (χ1) is 11.5. The normalized spacial score (nSPS) is 18.5. The molecule has 1 aliphatic heterocycles. The second-order valence-corrected chi connectivity index (χ2v) is 6.45. The number of pyridine rings is 1. The number of rotatable bonds is 4. The third kappa shape index (κ3) is 3.51. The Morgan fingerprint density at radius 3 is 2.79 bits per heavy atom. The molecule has 0 atom stereocenters. The average Bonchev–Trinajstić information content (AvgIpc) is 2.74. The summed E-state index contributed by atoms with van der Waals surface area (Å²) in [6.45, 7) is 3.93. The maximum Gasteiger partial charge on any atom is 0.249 e. The predicted molar refractivity (Wildman–Crippen MR) is 91.7 cm³/mol. The summed E-state index contributed by atoms with van der Waals surface area (Å²) in [6, 6.07) is 6.00. The number of nitrogens with zero attached hydrogens (tertiary/aromatic N) is 2. The minimum Gasteiger partial charge on any atom is -0.496 e. The minimum atomic E-state index is -2.52. The van der Waals surface area contributed by atoms with Gasteiger partial charge in [0.15, 0.2) is 0 Å². The fraction of sp³-hybridized carbons (Fsp3) is 0.526. The first-order valence-corrected chi connectivity index (χ1v) is 8.57. The smallest absolute Gasteiger partial charge is 0.249 e. The Bertz CT molecular complexity index is 718. The van der Waals surface area contributed by atoms with Gasteiger partial charge in [-0.15, -0.1) is 0 Å². The molecule has 1 aromatic heterocycles. The van der Waals surface area contributed by atoms with Gasteiger partial charge in [0.2, 0.25) is 5.92 Å². The number of methoxy groups -OCH3 is 1. The Kier molecular flexibility index (Phi) is 4.99. The summed E-state index contributed by atoms with van der Waals surface area (Å²) in [5.74, 6) is -1.67. The van der Waals surface area contributed by atoms with E-state index in [9.17, 15) is 8.78 Å². The lowest BCUT2D eigenvalue weighted by atomic mass is 10.0. The average molecular weight is 334 g/mol. The van der Waals surface area contributed by atoms with Crippen LogP contribution in [0.2, 0.25) is 0 Å². The van der Waals surface area contributed by atoms with Gasteiger partial charge < -0.3 is 4.74 Å². The highest BCUT2D eigenvalue weighted by Crippen LogP contribution is 2.31. The topological polar surface area (TPSA) is 25.4 Å². The number of ether oxygens (including phenoxy) is 1. The highest BCUT2D eigenvalue weighted by atomic mass is 19.3. The number of aryl methyl sites for hydroxylation is 1. The fourth-order valence-electron chi connectivity index (χ4n) is 3.51. The van der Waals surface area contributed by atoms with Crippen molar-refractivity contribution >= 4 is 10.9 Å². The molecule has 0 spiro atoms. The SMILES string of the molecule is CCc1c(OC)ccc2c(CN3CCCC(F)(F)CC3)ccnc12.